The molecule has 1 aliphatic rings. The topological polar surface area (TPSA) is 49.2 Å². The van der Waals surface area contributed by atoms with E-state index >= 15 is 0 Å². The molecule has 2 heterocycles. The summed E-state index contributed by atoms with van der Waals surface area (Å²) in [5.41, 5.74) is 0.479. The molecule has 4 nitrogen and oxygen atoms in total. The van der Waals surface area contributed by atoms with E-state index in [2.05, 4.69) is 9.97 Å². The molecule has 0 saturated carbocycles. The molecule has 1 saturated heterocycles. The number of halogens is 1. The first-order valence-corrected chi connectivity index (χ1v) is 6.64. The van der Waals surface area contributed by atoms with Gasteiger partial charge < -0.3 is 10.0 Å². The number of aliphatic hydroxyl groups excluding tert-OH is 1. The third kappa shape index (κ3) is 2.61. The third-order valence-corrected chi connectivity index (χ3v) is 3.52. The zero-order valence-corrected chi connectivity index (χ0v) is 10.8. The molecule has 100 valence electrons. The van der Waals surface area contributed by atoms with E-state index < -0.39 is 0 Å². The Labute approximate surface area is 107 Å². The predicted octanol–water partition coefficient (Wildman–Crippen LogP) is 1.92. The SMILES string of the molecule is CCc1ncnc(N2CCCC2CCCO)c1F. The van der Waals surface area contributed by atoms with Crippen molar-refractivity contribution in [3.63, 3.8) is 0 Å². The highest BCUT2D eigenvalue weighted by atomic mass is 19.1. The minimum atomic E-state index is -0.282. The smallest absolute Gasteiger partial charge is 0.187 e. The van der Waals surface area contributed by atoms with Gasteiger partial charge in [0.15, 0.2) is 11.6 Å². The molecule has 0 aliphatic carbocycles. The minimum absolute atomic E-state index is 0.191. The van der Waals surface area contributed by atoms with Crippen molar-refractivity contribution in [3.05, 3.63) is 17.8 Å². The van der Waals surface area contributed by atoms with E-state index in [0.29, 0.717) is 24.0 Å². The summed E-state index contributed by atoms with van der Waals surface area (Å²) in [6.07, 6.45) is 5.77. The Kier molecular flexibility index (Phi) is 4.47. The predicted molar refractivity (Wildman–Crippen MR) is 68.1 cm³/mol. The maximum Gasteiger partial charge on any atom is 0.187 e. The average molecular weight is 253 g/mol. The summed E-state index contributed by atoms with van der Waals surface area (Å²) in [7, 11) is 0. The van der Waals surface area contributed by atoms with Crippen molar-refractivity contribution in [1.82, 2.24) is 9.97 Å². The van der Waals surface area contributed by atoms with Crippen LogP contribution >= 0.6 is 0 Å². The molecule has 1 aliphatic heterocycles. The maximum atomic E-state index is 14.2. The van der Waals surface area contributed by atoms with Crippen LogP contribution in [0.2, 0.25) is 0 Å². The lowest BCUT2D eigenvalue weighted by Crippen LogP contribution is -2.31. The molecule has 1 aromatic heterocycles. The normalized spacial score (nSPS) is 19.5. The fourth-order valence-corrected chi connectivity index (χ4v) is 2.58. The molecule has 0 radical (unpaired) electrons. The van der Waals surface area contributed by atoms with Gasteiger partial charge >= 0.3 is 0 Å². The minimum Gasteiger partial charge on any atom is -0.396 e. The van der Waals surface area contributed by atoms with Gasteiger partial charge in [0.05, 0.1) is 5.69 Å². The number of anilines is 1. The Hall–Kier alpha value is -1.23. The Morgan fingerprint density at radius 1 is 1.50 bits per heavy atom. The molecule has 1 aromatic rings. The van der Waals surface area contributed by atoms with E-state index in [4.69, 9.17) is 5.11 Å². The molecule has 1 unspecified atom stereocenters. The zero-order valence-electron chi connectivity index (χ0n) is 10.8. The number of nitrogens with zero attached hydrogens (tertiary/aromatic N) is 3. The van der Waals surface area contributed by atoms with Crippen LogP contribution < -0.4 is 4.90 Å². The fraction of sp³-hybridized carbons (Fsp3) is 0.692. The van der Waals surface area contributed by atoms with Gasteiger partial charge in [0.25, 0.3) is 0 Å². The number of hydrogen-bond acceptors (Lipinski definition) is 4. The molecular weight excluding hydrogens is 233 g/mol. The summed E-state index contributed by atoms with van der Waals surface area (Å²) in [6.45, 7) is 2.92. The molecule has 18 heavy (non-hydrogen) atoms. The molecule has 1 N–H and O–H groups in total. The quantitative estimate of drug-likeness (QED) is 0.871. The summed E-state index contributed by atoms with van der Waals surface area (Å²) in [5, 5.41) is 8.90. The third-order valence-electron chi connectivity index (χ3n) is 3.52. The van der Waals surface area contributed by atoms with E-state index in [1.165, 1.54) is 6.33 Å². The highest BCUT2D eigenvalue weighted by molar-refractivity contribution is 5.43. The highest BCUT2D eigenvalue weighted by Gasteiger charge is 2.28. The van der Waals surface area contributed by atoms with Crippen LogP contribution in [0.25, 0.3) is 0 Å². The van der Waals surface area contributed by atoms with Gasteiger partial charge in [-0.2, -0.15) is 0 Å². The summed E-state index contributed by atoms with van der Waals surface area (Å²) < 4.78 is 14.2. The largest absolute Gasteiger partial charge is 0.396 e. The summed E-state index contributed by atoms with van der Waals surface area (Å²) in [5.74, 6) is 0.151. The van der Waals surface area contributed by atoms with Crippen molar-refractivity contribution >= 4 is 5.82 Å². The molecule has 0 amide bonds. The summed E-state index contributed by atoms with van der Waals surface area (Å²) in [4.78, 5) is 10.1. The highest BCUT2D eigenvalue weighted by Crippen LogP contribution is 2.29. The molecule has 0 spiro atoms. The van der Waals surface area contributed by atoms with Crippen LogP contribution in [0.15, 0.2) is 6.33 Å². The van der Waals surface area contributed by atoms with Crippen LogP contribution in [0.5, 0.6) is 0 Å². The molecule has 1 fully saturated rings. The second-order valence-corrected chi connectivity index (χ2v) is 4.67. The van der Waals surface area contributed by atoms with Crippen LogP contribution in [0.3, 0.4) is 0 Å². The van der Waals surface area contributed by atoms with Crippen LogP contribution in [0, 0.1) is 5.82 Å². The first kappa shape index (κ1) is 13.2. The molecule has 5 heteroatoms. The summed E-state index contributed by atoms with van der Waals surface area (Å²) in [6, 6.07) is 0.297. The lowest BCUT2D eigenvalue weighted by Gasteiger charge is -2.26. The first-order chi connectivity index (χ1) is 8.77. The monoisotopic (exact) mass is 253 g/mol. The van der Waals surface area contributed by atoms with Crippen LogP contribution in [-0.2, 0) is 6.42 Å². The van der Waals surface area contributed by atoms with Crippen molar-refractivity contribution < 1.29 is 9.50 Å². The standard InChI is InChI=1S/C13H20FN3O/c1-2-11-12(14)13(16-9-15-11)17-7-3-5-10(17)6-4-8-18/h9-10,18H,2-8H2,1H3. The lowest BCUT2D eigenvalue weighted by atomic mass is 10.1. The lowest BCUT2D eigenvalue weighted by molar-refractivity contribution is 0.279. The van der Waals surface area contributed by atoms with Crippen molar-refractivity contribution in [1.29, 1.82) is 0 Å². The number of hydrogen-bond donors (Lipinski definition) is 1. The van der Waals surface area contributed by atoms with E-state index in [1.807, 2.05) is 11.8 Å². The van der Waals surface area contributed by atoms with Gasteiger partial charge in [-0.15, -0.1) is 0 Å². The van der Waals surface area contributed by atoms with Crippen LogP contribution in [-0.4, -0.2) is 34.3 Å². The zero-order chi connectivity index (χ0) is 13.0. The van der Waals surface area contributed by atoms with E-state index in [1.54, 1.807) is 0 Å². The number of rotatable bonds is 5. The molecule has 0 bridgehead atoms. The molecule has 0 aromatic carbocycles. The van der Waals surface area contributed by atoms with Gasteiger partial charge in [0.1, 0.15) is 6.33 Å². The van der Waals surface area contributed by atoms with Crippen LogP contribution in [0.1, 0.15) is 38.3 Å². The van der Waals surface area contributed by atoms with Crippen molar-refractivity contribution in [3.8, 4) is 0 Å². The second kappa shape index (κ2) is 6.09. The Balaban J connectivity index is 2.19. The van der Waals surface area contributed by atoms with Gasteiger partial charge in [-0.05, 0) is 32.1 Å². The van der Waals surface area contributed by atoms with E-state index in [0.717, 1.165) is 32.2 Å². The van der Waals surface area contributed by atoms with Gasteiger partial charge in [0, 0.05) is 19.2 Å². The van der Waals surface area contributed by atoms with Crippen molar-refractivity contribution in [2.24, 2.45) is 0 Å². The van der Waals surface area contributed by atoms with Gasteiger partial charge in [0.2, 0.25) is 0 Å². The fourth-order valence-electron chi connectivity index (χ4n) is 2.58. The Bertz CT molecular complexity index is 400. The second-order valence-electron chi connectivity index (χ2n) is 4.67. The Morgan fingerprint density at radius 2 is 2.33 bits per heavy atom. The van der Waals surface area contributed by atoms with E-state index in [-0.39, 0.29) is 12.4 Å². The summed E-state index contributed by atoms with van der Waals surface area (Å²) >= 11 is 0. The van der Waals surface area contributed by atoms with Crippen molar-refractivity contribution in [2.45, 2.75) is 45.1 Å². The van der Waals surface area contributed by atoms with Gasteiger partial charge in [-0.25, -0.2) is 14.4 Å². The van der Waals surface area contributed by atoms with Gasteiger partial charge in [-0.1, -0.05) is 6.92 Å². The number of aromatic nitrogens is 2. The molecular formula is C13H20FN3O. The maximum absolute atomic E-state index is 14.2. The van der Waals surface area contributed by atoms with Crippen molar-refractivity contribution in [2.75, 3.05) is 18.1 Å². The Morgan fingerprint density at radius 3 is 3.06 bits per heavy atom. The van der Waals surface area contributed by atoms with Gasteiger partial charge in [-0.3, -0.25) is 0 Å². The average Bonchev–Trinajstić information content (AvgIpc) is 2.84. The van der Waals surface area contributed by atoms with Crippen LogP contribution in [0.4, 0.5) is 10.2 Å². The molecule has 2 rings (SSSR count). The van der Waals surface area contributed by atoms with E-state index in [9.17, 15) is 4.39 Å². The number of aryl methyl sites for hydroxylation is 1. The molecule has 1 atom stereocenters. The first-order valence-electron chi connectivity index (χ1n) is 6.64. The number of aliphatic hydroxyl groups is 1.